The van der Waals surface area contributed by atoms with Gasteiger partial charge in [-0.2, -0.15) is 5.10 Å². The molecule has 0 atom stereocenters. The quantitative estimate of drug-likeness (QED) is 0.662. The van der Waals surface area contributed by atoms with Gasteiger partial charge in [-0.15, -0.1) is 0 Å². The molecule has 2 aromatic carbocycles. The molecule has 0 saturated carbocycles. The topological polar surface area (TPSA) is 29.9 Å². The fraction of sp³-hybridized carbons (Fsp3) is 0.167. The van der Waals surface area contributed by atoms with Gasteiger partial charge in [0.2, 0.25) is 0 Å². The molecule has 0 spiro atoms. The van der Waals surface area contributed by atoms with E-state index in [2.05, 4.69) is 5.32 Å². The number of hydrogen-bond donors (Lipinski definition) is 1. The van der Waals surface area contributed by atoms with Crippen LogP contribution in [0.25, 0.3) is 5.69 Å². The van der Waals surface area contributed by atoms with Crippen molar-refractivity contribution < 1.29 is 0 Å². The number of hydrogen-bond acceptors (Lipinski definition) is 2. The van der Waals surface area contributed by atoms with Crippen LogP contribution in [0, 0.1) is 0 Å². The van der Waals surface area contributed by atoms with Gasteiger partial charge in [0, 0.05) is 33.6 Å². The molecule has 1 N–H and O–H groups in total. The highest BCUT2D eigenvalue weighted by molar-refractivity contribution is 6.34. The highest BCUT2D eigenvalue weighted by Crippen LogP contribution is 2.32. The average molecular weight is 379 g/mol. The molecule has 0 unspecified atom stereocenters. The first-order valence-electron chi connectivity index (χ1n) is 7.66. The number of halogens is 3. The third kappa shape index (κ3) is 2.88. The maximum absolute atomic E-state index is 6.31. The van der Waals surface area contributed by atoms with Crippen molar-refractivity contribution in [2.24, 2.45) is 0 Å². The summed E-state index contributed by atoms with van der Waals surface area (Å²) in [6.07, 6.45) is 1.65. The zero-order valence-electron chi connectivity index (χ0n) is 12.7. The van der Waals surface area contributed by atoms with E-state index in [-0.39, 0.29) is 0 Å². The Kier molecular flexibility index (Phi) is 4.17. The molecule has 0 amide bonds. The molecular weight excluding hydrogens is 365 g/mol. The van der Waals surface area contributed by atoms with Crippen molar-refractivity contribution in [3.05, 3.63) is 74.4 Å². The standard InChI is InChI=1S/C18H14Cl3N3/c19-12-8-13(20)10-14(9-12)24-18-15(5-6-22-18)17(23-24)7-11-3-1-2-4-16(11)21/h1-4,8-10,22H,5-7H2. The fourth-order valence-electron chi connectivity index (χ4n) is 3.06. The van der Waals surface area contributed by atoms with E-state index in [4.69, 9.17) is 39.9 Å². The number of fused-ring (bicyclic) bond motifs is 1. The molecule has 0 bridgehead atoms. The Morgan fingerprint density at radius 3 is 2.54 bits per heavy atom. The molecule has 3 aromatic rings. The van der Waals surface area contributed by atoms with Gasteiger partial charge < -0.3 is 5.32 Å². The predicted octanol–water partition coefficient (Wildman–Crippen LogP) is 5.39. The summed E-state index contributed by atoms with van der Waals surface area (Å²) in [5.74, 6) is 1.01. The normalized spacial score (nSPS) is 13.0. The van der Waals surface area contributed by atoms with Gasteiger partial charge >= 0.3 is 0 Å². The minimum Gasteiger partial charge on any atom is -0.369 e. The van der Waals surface area contributed by atoms with Crippen molar-refractivity contribution in [3.63, 3.8) is 0 Å². The highest BCUT2D eigenvalue weighted by atomic mass is 35.5. The van der Waals surface area contributed by atoms with Gasteiger partial charge in [0.1, 0.15) is 5.82 Å². The minimum absolute atomic E-state index is 0.590. The molecule has 24 heavy (non-hydrogen) atoms. The van der Waals surface area contributed by atoms with Crippen molar-refractivity contribution in [1.29, 1.82) is 0 Å². The zero-order valence-corrected chi connectivity index (χ0v) is 15.0. The second-order valence-electron chi connectivity index (χ2n) is 5.76. The summed E-state index contributed by atoms with van der Waals surface area (Å²) < 4.78 is 1.88. The molecule has 6 heteroatoms. The summed E-state index contributed by atoms with van der Waals surface area (Å²) in [6, 6.07) is 13.3. The summed E-state index contributed by atoms with van der Waals surface area (Å²) >= 11 is 18.6. The van der Waals surface area contributed by atoms with Gasteiger partial charge in [0.15, 0.2) is 0 Å². The second-order valence-corrected chi connectivity index (χ2v) is 7.04. The van der Waals surface area contributed by atoms with E-state index >= 15 is 0 Å². The molecule has 3 nitrogen and oxygen atoms in total. The molecule has 2 heterocycles. The lowest BCUT2D eigenvalue weighted by molar-refractivity contribution is 0.840. The van der Waals surface area contributed by atoms with Crippen LogP contribution < -0.4 is 5.32 Å². The average Bonchev–Trinajstić information content (AvgIpc) is 3.12. The summed E-state index contributed by atoms with van der Waals surface area (Å²) in [5, 5.41) is 10.1. The Morgan fingerprint density at radius 1 is 1.04 bits per heavy atom. The maximum Gasteiger partial charge on any atom is 0.133 e. The van der Waals surface area contributed by atoms with Crippen molar-refractivity contribution in [1.82, 2.24) is 9.78 Å². The van der Waals surface area contributed by atoms with Crippen molar-refractivity contribution in [3.8, 4) is 5.69 Å². The highest BCUT2D eigenvalue weighted by Gasteiger charge is 2.23. The van der Waals surface area contributed by atoms with Gasteiger partial charge in [-0.25, -0.2) is 4.68 Å². The van der Waals surface area contributed by atoms with Crippen LogP contribution in [0.15, 0.2) is 42.5 Å². The molecule has 0 saturated heterocycles. The van der Waals surface area contributed by atoms with Crippen molar-refractivity contribution in [2.45, 2.75) is 12.8 Å². The van der Waals surface area contributed by atoms with E-state index in [1.54, 1.807) is 6.07 Å². The molecular formula is C18H14Cl3N3. The van der Waals surface area contributed by atoms with Crippen LogP contribution in [-0.2, 0) is 12.8 Å². The van der Waals surface area contributed by atoms with Crippen LogP contribution in [0.3, 0.4) is 0 Å². The van der Waals surface area contributed by atoms with Gasteiger partial charge in [-0.05, 0) is 36.2 Å². The number of benzene rings is 2. The Bertz CT molecular complexity index is 898. The van der Waals surface area contributed by atoms with Gasteiger partial charge in [-0.1, -0.05) is 53.0 Å². The summed E-state index contributed by atoms with van der Waals surface area (Å²) in [7, 11) is 0. The number of aromatic nitrogens is 2. The Hall–Kier alpha value is -1.68. The van der Waals surface area contributed by atoms with Crippen LogP contribution in [0.4, 0.5) is 5.82 Å². The fourth-order valence-corrected chi connectivity index (χ4v) is 3.78. The Balaban J connectivity index is 1.79. The third-order valence-electron chi connectivity index (χ3n) is 4.14. The van der Waals surface area contributed by atoms with Crippen LogP contribution in [0.1, 0.15) is 16.8 Å². The van der Waals surface area contributed by atoms with Gasteiger partial charge in [0.05, 0.1) is 11.4 Å². The van der Waals surface area contributed by atoms with E-state index in [1.165, 1.54) is 5.56 Å². The molecule has 122 valence electrons. The van der Waals surface area contributed by atoms with Crippen LogP contribution >= 0.6 is 34.8 Å². The molecule has 0 aliphatic carbocycles. The first-order chi connectivity index (χ1) is 11.6. The minimum atomic E-state index is 0.590. The Morgan fingerprint density at radius 2 is 1.79 bits per heavy atom. The lowest BCUT2D eigenvalue weighted by Gasteiger charge is -2.07. The first kappa shape index (κ1) is 15.8. The molecule has 0 radical (unpaired) electrons. The SMILES string of the molecule is Clc1cc(Cl)cc(-n2nc(Cc3ccccc3Cl)c3c2NCC3)c1. The van der Waals surface area contributed by atoms with Crippen LogP contribution in [-0.4, -0.2) is 16.3 Å². The second kappa shape index (κ2) is 6.32. The lowest BCUT2D eigenvalue weighted by Crippen LogP contribution is -2.05. The number of nitrogens with one attached hydrogen (secondary N) is 1. The summed E-state index contributed by atoms with van der Waals surface area (Å²) in [4.78, 5) is 0. The maximum atomic E-state index is 6.31. The van der Waals surface area contributed by atoms with Gasteiger partial charge in [-0.3, -0.25) is 0 Å². The summed E-state index contributed by atoms with van der Waals surface area (Å²) in [5.41, 5.74) is 4.18. The monoisotopic (exact) mass is 377 g/mol. The predicted molar refractivity (Wildman–Crippen MR) is 100 cm³/mol. The largest absolute Gasteiger partial charge is 0.369 e. The molecule has 1 aromatic heterocycles. The third-order valence-corrected chi connectivity index (χ3v) is 4.95. The molecule has 4 rings (SSSR count). The van der Waals surface area contributed by atoms with Crippen molar-refractivity contribution in [2.75, 3.05) is 11.9 Å². The summed E-state index contributed by atoms with van der Waals surface area (Å²) in [6.45, 7) is 0.900. The van der Waals surface area contributed by atoms with E-state index in [0.29, 0.717) is 16.5 Å². The van der Waals surface area contributed by atoms with E-state index < -0.39 is 0 Å². The lowest BCUT2D eigenvalue weighted by atomic mass is 10.1. The van der Waals surface area contributed by atoms with E-state index in [1.807, 2.05) is 41.1 Å². The zero-order chi connectivity index (χ0) is 16.7. The first-order valence-corrected chi connectivity index (χ1v) is 8.80. The molecule has 1 aliphatic rings. The number of nitrogens with zero attached hydrogens (tertiary/aromatic N) is 2. The molecule has 0 fully saturated rings. The number of rotatable bonds is 3. The smallest absolute Gasteiger partial charge is 0.133 e. The number of anilines is 1. The van der Waals surface area contributed by atoms with Crippen LogP contribution in [0.5, 0.6) is 0 Å². The van der Waals surface area contributed by atoms with Gasteiger partial charge in [0.25, 0.3) is 0 Å². The Labute approximate surface area is 155 Å². The van der Waals surface area contributed by atoms with E-state index in [0.717, 1.165) is 40.8 Å². The van der Waals surface area contributed by atoms with Crippen LogP contribution in [0.2, 0.25) is 15.1 Å². The molecule has 1 aliphatic heterocycles. The van der Waals surface area contributed by atoms with Crippen molar-refractivity contribution >= 4 is 40.6 Å². The van der Waals surface area contributed by atoms with E-state index in [9.17, 15) is 0 Å².